The summed E-state index contributed by atoms with van der Waals surface area (Å²) in [6.07, 6.45) is 6.40. The van der Waals surface area contributed by atoms with E-state index < -0.39 is 5.97 Å². The Labute approximate surface area is 157 Å². The lowest BCUT2D eigenvalue weighted by Crippen LogP contribution is -2.02. The highest BCUT2D eigenvalue weighted by Gasteiger charge is 2.21. The van der Waals surface area contributed by atoms with E-state index in [4.69, 9.17) is 9.72 Å². The van der Waals surface area contributed by atoms with Crippen molar-refractivity contribution in [2.75, 3.05) is 7.11 Å². The standard InChI is InChI=1S/C21H20FN3O2/c1-14(2)21-24-19(16-5-4-11-23-13-16)20(15-6-8-17(22)9-7-15)25(21)12-10-18(26)27-3/h4-14H,1-3H3. The van der Waals surface area contributed by atoms with Gasteiger partial charge in [-0.25, -0.2) is 14.2 Å². The van der Waals surface area contributed by atoms with Crippen molar-refractivity contribution in [2.24, 2.45) is 0 Å². The first kappa shape index (κ1) is 18.5. The normalized spacial score (nSPS) is 11.3. The van der Waals surface area contributed by atoms with Crippen molar-refractivity contribution in [3.63, 3.8) is 0 Å². The lowest BCUT2D eigenvalue weighted by atomic mass is 10.1. The van der Waals surface area contributed by atoms with Gasteiger partial charge in [-0.2, -0.15) is 0 Å². The fraction of sp³-hybridized carbons (Fsp3) is 0.190. The van der Waals surface area contributed by atoms with Crippen molar-refractivity contribution in [1.29, 1.82) is 0 Å². The molecular weight excluding hydrogens is 345 g/mol. The number of pyridine rings is 1. The minimum absolute atomic E-state index is 0.0944. The molecule has 0 bridgehead atoms. The molecule has 0 fully saturated rings. The molecule has 138 valence electrons. The predicted molar refractivity (Wildman–Crippen MR) is 102 cm³/mol. The number of aromatic nitrogens is 3. The quantitative estimate of drug-likeness (QED) is 0.493. The zero-order valence-electron chi connectivity index (χ0n) is 15.4. The van der Waals surface area contributed by atoms with Gasteiger partial charge >= 0.3 is 5.97 Å². The molecule has 0 saturated carbocycles. The van der Waals surface area contributed by atoms with Crippen molar-refractivity contribution >= 4 is 12.2 Å². The Morgan fingerprint density at radius 1 is 1.19 bits per heavy atom. The maximum absolute atomic E-state index is 13.5. The number of rotatable bonds is 5. The fourth-order valence-corrected chi connectivity index (χ4v) is 2.80. The van der Waals surface area contributed by atoms with E-state index in [0.29, 0.717) is 5.69 Å². The first-order chi connectivity index (χ1) is 13.0. The van der Waals surface area contributed by atoms with Crippen LogP contribution in [0.3, 0.4) is 0 Å². The molecule has 1 aromatic carbocycles. The molecule has 3 aromatic rings. The number of hydrogen-bond acceptors (Lipinski definition) is 4. The second-order valence-corrected chi connectivity index (χ2v) is 6.28. The molecule has 0 unspecified atom stereocenters. The van der Waals surface area contributed by atoms with E-state index in [2.05, 4.69) is 4.98 Å². The lowest BCUT2D eigenvalue weighted by molar-refractivity contribution is -0.134. The van der Waals surface area contributed by atoms with E-state index >= 15 is 0 Å². The van der Waals surface area contributed by atoms with Gasteiger partial charge in [0, 0.05) is 41.7 Å². The summed E-state index contributed by atoms with van der Waals surface area (Å²) in [6, 6.07) is 9.94. The summed E-state index contributed by atoms with van der Waals surface area (Å²) in [5, 5.41) is 0. The molecule has 0 aliphatic rings. The van der Waals surface area contributed by atoms with Crippen molar-refractivity contribution in [2.45, 2.75) is 19.8 Å². The molecular formula is C21H20FN3O2. The van der Waals surface area contributed by atoms with Gasteiger partial charge in [0.15, 0.2) is 0 Å². The zero-order chi connectivity index (χ0) is 19.4. The Kier molecular flexibility index (Phi) is 5.45. The third-order valence-corrected chi connectivity index (χ3v) is 4.07. The van der Waals surface area contributed by atoms with Crippen molar-refractivity contribution < 1.29 is 13.9 Å². The summed E-state index contributed by atoms with van der Waals surface area (Å²) < 4.78 is 20.0. The van der Waals surface area contributed by atoms with Gasteiger partial charge in [-0.15, -0.1) is 0 Å². The van der Waals surface area contributed by atoms with Crippen LogP contribution in [0.1, 0.15) is 25.6 Å². The maximum Gasteiger partial charge on any atom is 0.331 e. The number of nitrogens with zero attached hydrogens (tertiary/aromatic N) is 3. The van der Waals surface area contributed by atoms with Crippen LogP contribution in [0, 0.1) is 5.82 Å². The van der Waals surface area contributed by atoms with E-state index in [1.54, 1.807) is 30.7 Å². The monoisotopic (exact) mass is 365 g/mol. The number of ether oxygens (including phenoxy) is 1. The molecule has 0 aliphatic heterocycles. The van der Waals surface area contributed by atoms with Crippen LogP contribution in [-0.2, 0) is 9.53 Å². The molecule has 6 heteroatoms. The molecule has 27 heavy (non-hydrogen) atoms. The number of carbonyl (C=O) groups is 1. The van der Waals surface area contributed by atoms with Gasteiger partial charge in [-0.3, -0.25) is 4.98 Å². The largest absolute Gasteiger partial charge is 0.466 e. The summed E-state index contributed by atoms with van der Waals surface area (Å²) in [7, 11) is 1.33. The van der Waals surface area contributed by atoms with Crippen LogP contribution in [-0.4, -0.2) is 27.6 Å². The maximum atomic E-state index is 13.5. The van der Waals surface area contributed by atoms with E-state index in [1.165, 1.54) is 25.3 Å². The zero-order valence-corrected chi connectivity index (χ0v) is 15.4. The predicted octanol–water partition coefficient (Wildman–Crippen LogP) is 4.52. The topological polar surface area (TPSA) is 57.0 Å². The summed E-state index contributed by atoms with van der Waals surface area (Å²) >= 11 is 0. The van der Waals surface area contributed by atoms with Crippen LogP contribution in [0.25, 0.3) is 28.7 Å². The van der Waals surface area contributed by atoms with Gasteiger partial charge in [-0.1, -0.05) is 13.8 Å². The van der Waals surface area contributed by atoms with Gasteiger partial charge in [0.05, 0.1) is 18.5 Å². The Balaban J connectivity index is 2.29. The minimum Gasteiger partial charge on any atom is -0.466 e. The fourth-order valence-electron chi connectivity index (χ4n) is 2.80. The molecule has 0 atom stereocenters. The lowest BCUT2D eigenvalue weighted by Gasteiger charge is -2.10. The van der Waals surface area contributed by atoms with Gasteiger partial charge in [-0.05, 0) is 36.4 Å². The highest BCUT2D eigenvalue weighted by atomic mass is 19.1. The number of benzene rings is 1. The molecule has 0 saturated heterocycles. The Hall–Kier alpha value is -3.28. The number of carbonyl (C=O) groups excluding carboxylic acids is 1. The van der Waals surface area contributed by atoms with Gasteiger partial charge in [0.1, 0.15) is 11.6 Å². The third kappa shape index (κ3) is 3.95. The number of hydrogen-bond donors (Lipinski definition) is 0. The van der Waals surface area contributed by atoms with E-state index in [1.807, 2.05) is 30.5 Å². The van der Waals surface area contributed by atoms with Crippen LogP contribution in [0.4, 0.5) is 4.39 Å². The molecule has 0 amide bonds. The summed E-state index contributed by atoms with van der Waals surface area (Å²) in [6.45, 7) is 4.04. The van der Waals surface area contributed by atoms with Gasteiger partial charge < -0.3 is 9.30 Å². The summed E-state index contributed by atoms with van der Waals surface area (Å²) in [5.41, 5.74) is 3.09. The van der Waals surface area contributed by atoms with Crippen LogP contribution in [0.5, 0.6) is 0 Å². The first-order valence-electron chi connectivity index (χ1n) is 8.56. The second-order valence-electron chi connectivity index (χ2n) is 6.28. The Morgan fingerprint density at radius 2 is 1.93 bits per heavy atom. The van der Waals surface area contributed by atoms with Crippen LogP contribution < -0.4 is 0 Å². The van der Waals surface area contributed by atoms with Crippen molar-refractivity contribution in [3.05, 3.63) is 66.5 Å². The Morgan fingerprint density at radius 3 is 2.52 bits per heavy atom. The SMILES string of the molecule is COC(=O)C=Cn1c(C(C)C)nc(-c2cccnc2)c1-c1ccc(F)cc1. The van der Waals surface area contributed by atoms with E-state index in [9.17, 15) is 9.18 Å². The molecule has 0 N–H and O–H groups in total. The van der Waals surface area contributed by atoms with Crippen molar-refractivity contribution in [3.8, 4) is 22.5 Å². The third-order valence-electron chi connectivity index (χ3n) is 4.07. The molecule has 2 aromatic heterocycles. The molecule has 5 nitrogen and oxygen atoms in total. The van der Waals surface area contributed by atoms with Gasteiger partial charge in [0.25, 0.3) is 0 Å². The van der Waals surface area contributed by atoms with E-state index in [-0.39, 0.29) is 11.7 Å². The number of imidazole rings is 1. The summed E-state index contributed by atoms with van der Waals surface area (Å²) in [5.74, 6) is 0.0820. The molecule has 3 rings (SSSR count). The van der Waals surface area contributed by atoms with Crippen molar-refractivity contribution in [1.82, 2.24) is 14.5 Å². The number of methoxy groups -OCH3 is 1. The van der Waals surface area contributed by atoms with Crippen LogP contribution in [0.2, 0.25) is 0 Å². The molecule has 2 heterocycles. The Bertz CT molecular complexity index is 961. The first-order valence-corrected chi connectivity index (χ1v) is 8.56. The minimum atomic E-state index is -0.466. The number of halogens is 1. The molecule has 0 radical (unpaired) electrons. The molecule has 0 aliphatic carbocycles. The average Bonchev–Trinajstić information content (AvgIpc) is 3.07. The second kappa shape index (κ2) is 7.95. The van der Waals surface area contributed by atoms with Crippen LogP contribution >= 0.6 is 0 Å². The smallest absolute Gasteiger partial charge is 0.331 e. The van der Waals surface area contributed by atoms with Gasteiger partial charge in [0.2, 0.25) is 0 Å². The average molecular weight is 365 g/mol. The highest BCUT2D eigenvalue weighted by molar-refractivity contribution is 5.87. The van der Waals surface area contributed by atoms with E-state index in [0.717, 1.165) is 22.6 Å². The highest BCUT2D eigenvalue weighted by Crippen LogP contribution is 2.35. The summed E-state index contributed by atoms with van der Waals surface area (Å²) in [4.78, 5) is 20.6. The molecule has 0 spiro atoms. The van der Waals surface area contributed by atoms with Crippen LogP contribution in [0.15, 0.2) is 54.9 Å². The number of esters is 1.